The van der Waals surface area contributed by atoms with Crippen LogP contribution >= 0.6 is 11.3 Å². The van der Waals surface area contributed by atoms with Gasteiger partial charge in [0.25, 0.3) is 0 Å². The van der Waals surface area contributed by atoms with Gasteiger partial charge in [0.15, 0.2) is 0 Å². The van der Waals surface area contributed by atoms with Crippen molar-refractivity contribution in [3.8, 4) is 39.5 Å². The van der Waals surface area contributed by atoms with Gasteiger partial charge < -0.3 is 14.4 Å². The highest BCUT2D eigenvalue weighted by Crippen LogP contribution is 2.47. The molecule has 0 aliphatic carbocycles. The monoisotopic (exact) mass is 706 g/mol. The highest BCUT2D eigenvalue weighted by molar-refractivity contribution is 7.18. The molecule has 2 aliphatic rings. The number of likely N-dealkylation sites (N-methyl/N-ethyl adjacent to an activating group) is 1. The first kappa shape index (κ1) is 33.8. The molecule has 9 nitrogen and oxygen atoms in total. The lowest BCUT2D eigenvalue weighted by molar-refractivity contribution is -0.133. The molecule has 50 heavy (non-hydrogen) atoms. The van der Waals surface area contributed by atoms with Gasteiger partial charge in [-0.15, -0.1) is 11.3 Å². The molecular weight excluding hydrogens is 672 g/mol. The number of rotatable bonds is 9. The van der Waals surface area contributed by atoms with Crippen molar-refractivity contribution >= 4 is 27.3 Å². The molecule has 1 aromatic carbocycles. The third kappa shape index (κ3) is 6.05. The Bertz CT molecular complexity index is 2120. The molecule has 0 fully saturated rings. The number of fused-ring (bicyclic) bond motifs is 3. The molecule has 6 heterocycles. The van der Waals surface area contributed by atoms with E-state index in [9.17, 15) is 18.0 Å². The lowest BCUT2D eigenvalue weighted by atomic mass is 9.94. The Balaban J connectivity index is 1.46. The van der Waals surface area contributed by atoms with Gasteiger partial charge in [0.2, 0.25) is 5.91 Å². The fourth-order valence-corrected chi connectivity index (χ4v) is 7.77. The van der Waals surface area contributed by atoms with Gasteiger partial charge in [0.05, 0.1) is 36.1 Å². The largest absolute Gasteiger partial charge is 0.490 e. The summed E-state index contributed by atoms with van der Waals surface area (Å²) in [6, 6.07) is 7.36. The Labute approximate surface area is 289 Å². The number of thiophene rings is 1. The van der Waals surface area contributed by atoms with Crippen LogP contribution in [0.15, 0.2) is 54.6 Å². The number of amides is 1. The topological polar surface area (TPSA) is 85.6 Å². The van der Waals surface area contributed by atoms with Crippen LogP contribution in [-0.2, 0) is 22.5 Å². The summed E-state index contributed by atoms with van der Waals surface area (Å²) in [6.07, 6.45) is 3.89. The minimum atomic E-state index is -3.02. The second-order valence-electron chi connectivity index (χ2n) is 12.3. The predicted molar refractivity (Wildman–Crippen MR) is 182 cm³/mol. The SMILES string of the molecule is C=CC(=O)N1CCn2nc(-c3nc(-c4cnc5c(c4)[C@@H](C)N(C)CC5)c4ccsc4c3-c3c(F)cc(F)cc3OCCOC(F)F)cc2[C@H]1C. The van der Waals surface area contributed by atoms with Gasteiger partial charge in [-0.1, -0.05) is 6.58 Å². The molecule has 4 aromatic heterocycles. The Morgan fingerprint density at radius 2 is 1.90 bits per heavy atom. The number of carbonyl (C=O) groups is 1. The number of halogens is 4. The van der Waals surface area contributed by atoms with Crippen LogP contribution in [0.1, 0.15) is 42.9 Å². The highest BCUT2D eigenvalue weighted by atomic mass is 32.1. The molecule has 0 saturated heterocycles. The predicted octanol–water partition coefficient (Wildman–Crippen LogP) is 7.42. The number of carbonyl (C=O) groups excluding carboxylic acids is 1. The van der Waals surface area contributed by atoms with Crippen LogP contribution in [0.4, 0.5) is 17.6 Å². The van der Waals surface area contributed by atoms with Crippen LogP contribution in [0.5, 0.6) is 5.75 Å². The van der Waals surface area contributed by atoms with E-state index in [1.54, 1.807) is 15.8 Å². The van der Waals surface area contributed by atoms with E-state index >= 15 is 4.39 Å². The second-order valence-corrected chi connectivity index (χ2v) is 13.3. The number of hydrogen-bond donors (Lipinski definition) is 0. The Morgan fingerprint density at radius 3 is 2.68 bits per heavy atom. The molecule has 14 heteroatoms. The fraction of sp³-hybridized carbons (Fsp3) is 0.333. The number of benzene rings is 1. The van der Waals surface area contributed by atoms with Crippen LogP contribution < -0.4 is 4.74 Å². The van der Waals surface area contributed by atoms with Crippen LogP contribution in [-0.4, -0.2) is 75.4 Å². The smallest absolute Gasteiger partial charge is 0.345 e. The third-order valence-corrected chi connectivity index (χ3v) is 10.4. The van der Waals surface area contributed by atoms with E-state index < -0.39 is 24.9 Å². The lowest BCUT2D eigenvalue weighted by Crippen LogP contribution is -2.40. The molecule has 0 bridgehead atoms. The third-order valence-electron chi connectivity index (χ3n) is 9.51. The first-order valence-corrected chi connectivity index (χ1v) is 17.1. The maximum absolute atomic E-state index is 16.1. The van der Waals surface area contributed by atoms with E-state index in [1.165, 1.54) is 17.4 Å². The molecule has 0 N–H and O–H groups in total. The molecule has 2 aliphatic heterocycles. The summed E-state index contributed by atoms with van der Waals surface area (Å²) in [5.41, 5.74) is 5.15. The first-order chi connectivity index (χ1) is 24.0. The molecular formula is C36H34F4N6O3S. The van der Waals surface area contributed by atoms with Crippen molar-refractivity contribution in [3.63, 3.8) is 0 Å². The molecule has 0 saturated carbocycles. The summed E-state index contributed by atoms with van der Waals surface area (Å²) in [5, 5.41) is 7.47. The van der Waals surface area contributed by atoms with Gasteiger partial charge in [-0.25, -0.2) is 13.8 Å². The molecule has 5 aromatic rings. The maximum atomic E-state index is 16.1. The summed E-state index contributed by atoms with van der Waals surface area (Å²) in [7, 11) is 2.07. The number of hydrogen-bond acceptors (Lipinski definition) is 8. The van der Waals surface area contributed by atoms with E-state index in [-0.39, 0.29) is 35.9 Å². The Hall–Kier alpha value is -4.66. The lowest BCUT2D eigenvalue weighted by Gasteiger charge is -2.33. The number of alkyl halides is 2. The minimum absolute atomic E-state index is 0.0914. The van der Waals surface area contributed by atoms with E-state index in [4.69, 9.17) is 19.8 Å². The maximum Gasteiger partial charge on any atom is 0.345 e. The highest BCUT2D eigenvalue weighted by Gasteiger charge is 2.32. The van der Waals surface area contributed by atoms with Crippen molar-refractivity contribution in [1.82, 2.24) is 29.5 Å². The Morgan fingerprint density at radius 1 is 1.08 bits per heavy atom. The molecule has 2 atom stereocenters. The molecule has 0 unspecified atom stereocenters. The first-order valence-electron chi connectivity index (χ1n) is 16.2. The van der Waals surface area contributed by atoms with Crippen LogP contribution in [0, 0.1) is 11.6 Å². The molecule has 0 radical (unpaired) electrons. The molecule has 1 amide bonds. The van der Waals surface area contributed by atoms with E-state index in [0.29, 0.717) is 45.8 Å². The number of aromatic nitrogens is 4. The summed E-state index contributed by atoms with van der Waals surface area (Å²) in [4.78, 5) is 26.6. The Kier molecular flexibility index (Phi) is 9.18. The average Bonchev–Trinajstić information content (AvgIpc) is 3.76. The van der Waals surface area contributed by atoms with Gasteiger partial charge >= 0.3 is 6.61 Å². The standard InChI is InChI=1S/C36H34F4N6O3S/c1-5-30(47)45-9-10-46-28(20(45)3)17-27(43-46)34-32(31-25(38)15-22(37)16-29(31)48-11-12-49-36(39)40)35-23(7-13-50-35)33(42-34)21-14-24-19(2)44(4)8-6-26(24)41-18-21/h5,7,13-20,36H,1,6,8-12H2,2-4H3/t19-,20-/m1/s1. The van der Waals surface area contributed by atoms with Crippen molar-refractivity contribution in [1.29, 1.82) is 0 Å². The molecule has 0 spiro atoms. The van der Waals surface area contributed by atoms with Crippen molar-refractivity contribution in [3.05, 3.63) is 83.1 Å². The average molecular weight is 707 g/mol. The summed E-state index contributed by atoms with van der Waals surface area (Å²) >= 11 is 1.35. The van der Waals surface area contributed by atoms with Gasteiger partial charge in [-0.05, 0) is 56.1 Å². The van der Waals surface area contributed by atoms with Crippen molar-refractivity contribution in [2.24, 2.45) is 0 Å². The van der Waals surface area contributed by atoms with Crippen LogP contribution in [0.2, 0.25) is 0 Å². The van der Waals surface area contributed by atoms with E-state index in [0.717, 1.165) is 47.6 Å². The quantitative estimate of drug-likeness (QED) is 0.0896. The fourth-order valence-electron chi connectivity index (χ4n) is 6.82. The minimum Gasteiger partial charge on any atom is -0.490 e. The van der Waals surface area contributed by atoms with E-state index in [1.807, 2.05) is 24.4 Å². The van der Waals surface area contributed by atoms with E-state index in [2.05, 4.69) is 36.3 Å². The van der Waals surface area contributed by atoms with Gasteiger partial charge in [0, 0.05) is 70.8 Å². The zero-order valence-electron chi connectivity index (χ0n) is 27.6. The zero-order valence-corrected chi connectivity index (χ0v) is 28.4. The van der Waals surface area contributed by atoms with Crippen molar-refractivity contribution in [2.75, 3.05) is 33.4 Å². The summed E-state index contributed by atoms with van der Waals surface area (Å²) < 4.78 is 68.7. The number of nitrogens with zero attached hydrogens (tertiary/aromatic N) is 6. The molecule has 260 valence electrons. The number of pyridine rings is 2. The second kappa shape index (κ2) is 13.6. The van der Waals surface area contributed by atoms with Crippen LogP contribution in [0.25, 0.3) is 43.9 Å². The summed E-state index contributed by atoms with van der Waals surface area (Å²) in [5.74, 6) is -2.23. The van der Waals surface area contributed by atoms with Gasteiger partial charge in [-0.2, -0.15) is 13.9 Å². The summed E-state index contributed by atoms with van der Waals surface area (Å²) in [6.45, 7) is 5.46. The normalized spacial score (nSPS) is 17.6. The van der Waals surface area contributed by atoms with Gasteiger partial charge in [0.1, 0.15) is 35.4 Å². The van der Waals surface area contributed by atoms with Crippen LogP contribution in [0.3, 0.4) is 0 Å². The zero-order chi connectivity index (χ0) is 35.3. The number of ether oxygens (including phenoxy) is 2. The molecule has 7 rings (SSSR count). The van der Waals surface area contributed by atoms with Crippen molar-refractivity contribution in [2.45, 2.75) is 45.5 Å². The van der Waals surface area contributed by atoms with Gasteiger partial charge in [-0.3, -0.25) is 19.4 Å². The van der Waals surface area contributed by atoms with Crippen molar-refractivity contribution < 1.29 is 31.8 Å².